The van der Waals surface area contributed by atoms with Crippen LogP contribution in [0.3, 0.4) is 0 Å². The fraction of sp³-hybridized carbons (Fsp3) is 0.429. The van der Waals surface area contributed by atoms with Crippen LogP contribution in [0.15, 0.2) is 24.3 Å². The van der Waals surface area contributed by atoms with E-state index < -0.39 is 6.10 Å². The molecule has 3 amide bonds. The summed E-state index contributed by atoms with van der Waals surface area (Å²) in [4.78, 5) is 22.1. The third-order valence-corrected chi connectivity index (χ3v) is 2.79. The minimum Gasteiger partial charge on any atom is -0.389 e. The van der Waals surface area contributed by atoms with Gasteiger partial charge in [0.15, 0.2) is 0 Å². The first-order chi connectivity index (χ1) is 9.49. The standard InChI is InChI=1S/C14H21N3O3/c1-10(18)11-5-7-12(8-6-11)17-14(20)16-9-3-2-4-13(15)19/h5-8,10,18H,2-4,9H2,1H3,(H2,15,19)(H2,16,17,20). The second-order valence-electron chi connectivity index (χ2n) is 4.60. The van der Waals surface area contributed by atoms with Crippen molar-refractivity contribution in [3.05, 3.63) is 29.8 Å². The molecule has 1 unspecified atom stereocenters. The van der Waals surface area contributed by atoms with E-state index in [1.54, 1.807) is 31.2 Å². The highest BCUT2D eigenvalue weighted by Crippen LogP contribution is 2.15. The van der Waals surface area contributed by atoms with Crippen LogP contribution in [-0.2, 0) is 4.79 Å². The van der Waals surface area contributed by atoms with Gasteiger partial charge in [-0.2, -0.15) is 0 Å². The third-order valence-electron chi connectivity index (χ3n) is 2.79. The van der Waals surface area contributed by atoms with Crippen molar-refractivity contribution in [2.75, 3.05) is 11.9 Å². The maximum atomic E-state index is 11.6. The van der Waals surface area contributed by atoms with E-state index in [9.17, 15) is 14.7 Å². The van der Waals surface area contributed by atoms with Crippen LogP contribution in [0.4, 0.5) is 10.5 Å². The third kappa shape index (κ3) is 6.19. The van der Waals surface area contributed by atoms with E-state index in [4.69, 9.17) is 5.73 Å². The molecule has 6 nitrogen and oxygen atoms in total. The van der Waals surface area contributed by atoms with Crippen LogP contribution in [0.25, 0.3) is 0 Å². The number of aliphatic hydroxyl groups excluding tert-OH is 1. The summed E-state index contributed by atoms with van der Waals surface area (Å²) in [6, 6.07) is 6.68. The Morgan fingerprint density at radius 1 is 1.25 bits per heavy atom. The van der Waals surface area contributed by atoms with Crippen molar-refractivity contribution >= 4 is 17.6 Å². The van der Waals surface area contributed by atoms with Gasteiger partial charge in [0.05, 0.1) is 6.10 Å². The summed E-state index contributed by atoms with van der Waals surface area (Å²) in [5.74, 6) is -0.326. The molecule has 1 aromatic rings. The van der Waals surface area contributed by atoms with Gasteiger partial charge in [-0.3, -0.25) is 4.79 Å². The van der Waals surface area contributed by atoms with E-state index >= 15 is 0 Å². The van der Waals surface area contributed by atoms with Crippen LogP contribution in [-0.4, -0.2) is 23.6 Å². The first-order valence-electron chi connectivity index (χ1n) is 6.60. The maximum absolute atomic E-state index is 11.6. The molecule has 6 heteroatoms. The summed E-state index contributed by atoms with van der Waals surface area (Å²) in [6.07, 6.45) is 1.18. The summed E-state index contributed by atoms with van der Waals surface area (Å²) in [5.41, 5.74) is 6.46. The predicted octanol–water partition coefficient (Wildman–Crippen LogP) is 1.52. The molecule has 5 N–H and O–H groups in total. The number of carbonyl (C=O) groups is 2. The lowest BCUT2D eigenvalue weighted by molar-refractivity contribution is -0.118. The highest BCUT2D eigenvalue weighted by atomic mass is 16.3. The van der Waals surface area contributed by atoms with Crippen molar-refractivity contribution in [1.29, 1.82) is 0 Å². The van der Waals surface area contributed by atoms with Gasteiger partial charge >= 0.3 is 6.03 Å². The molecule has 1 aromatic carbocycles. The van der Waals surface area contributed by atoms with E-state index in [-0.39, 0.29) is 11.9 Å². The molecule has 0 aliphatic rings. The molecule has 0 heterocycles. The van der Waals surface area contributed by atoms with Gasteiger partial charge < -0.3 is 21.5 Å². The number of anilines is 1. The lowest BCUT2D eigenvalue weighted by Gasteiger charge is -2.09. The quantitative estimate of drug-likeness (QED) is 0.569. The zero-order valence-corrected chi connectivity index (χ0v) is 11.6. The Balaban J connectivity index is 2.26. The Morgan fingerprint density at radius 2 is 1.90 bits per heavy atom. The number of rotatable bonds is 7. The van der Waals surface area contributed by atoms with Gasteiger partial charge in [-0.05, 0) is 37.5 Å². The first-order valence-corrected chi connectivity index (χ1v) is 6.60. The summed E-state index contributed by atoms with van der Waals surface area (Å²) in [6.45, 7) is 2.17. The van der Waals surface area contributed by atoms with Gasteiger partial charge in [0.25, 0.3) is 0 Å². The van der Waals surface area contributed by atoms with Crippen molar-refractivity contribution in [2.24, 2.45) is 5.73 Å². The number of primary amides is 1. The smallest absolute Gasteiger partial charge is 0.319 e. The molecule has 0 aliphatic heterocycles. The molecular formula is C14H21N3O3. The van der Waals surface area contributed by atoms with Gasteiger partial charge in [-0.15, -0.1) is 0 Å². The number of urea groups is 1. The summed E-state index contributed by atoms with van der Waals surface area (Å²) >= 11 is 0. The van der Waals surface area contributed by atoms with Crippen LogP contribution in [0.1, 0.15) is 37.9 Å². The van der Waals surface area contributed by atoms with Crippen LogP contribution < -0.4 is 16.4 Å². The average molecular weight is 279 g/mol. The normalized spacial score (nSPS) is 11.7. The number of benzene rings is 1. The highest BCUT2D eigenvalue weighted by Gasteiger charge is 2.03. The molecule has 0 radical (unpaired) electrons. The summed E-state index contributed by atoms with van der Waals surface area (Å²) in [5, 5.41) is 14.7. The SMILES string of the molecule is CC(O)c1ccc(NC(=O)NCCCCC(N)=O)cc1. The van der Waals surface area contributed by atoms with Gasteiger partial charge in [0.1, 0.15) is 0 Å². The van der Waals surface area contributed by atoms with E-state index in [2.05, 4.69) is 10.6 Å². The number of amides is 3. The minimum absolute atomic E-state index is 0.297. The molecule has 110 valence electrons. The molecule has 0 bridgehead atoms. The van der Waals surface area contributed by atoms with Crippen molar-refractivity contribution in [1.82, 2.24) is 5.32 Å². The number of nitrogens with one attached hydrogen (secondary N) is 2. The van der Waals surface area contributed by atoms with Crippen LogP contribution >= 0.6 is 0 Å². The van der Waals surface area contributed by atoms with Crippen molar-refractivity contribution in [3.63, 3.8) is 0 Å². The maximum Gasteiger partial charge on any atom is 0.319 e. The van der Waals surface area contributed by atoms with Gasteiger partial charge in [-0.25, -0.2) is 4.79 Å². The summed E-state index contributed by atoms with van der Waals surface area (Å²) in [7, 11) is 0. The monoisotopic (exact) mass is 279 g/mol. The van der Waals surface area contributed by atoms with Crippen LogP contribution in [0.2, 0.25) is 0 Å². The zero-order chi connectivity index (χ0) is 15.0. The zero-order valence-electron chi connectivity index (χ0n) is 11.6. The highest BCUT2D eigenvalue weighted by molar-refractivity contribution is 5.89. The number of unbranched alkanes of at least 4 members (excludes halogenated alkanes) is 1. The lowest BCUT2D eigenvalue weighted by Crippen LogP contribution is -2.29. The van der Waals surface area contributed by atoms with Gasteiger partial charge in [0.2, 0.25) is 5.91 Å². The Kier molecular flexibility index (Phi) is 6.52. The number of hydrogen-bond acceptors (Lipinski definition) is 3. The van der Waals surface area contributed by atoms with E-state index in [0.717, 1.165) is 5.56 Å². The van der Waals surface area contributed by atoms with Gasteiger partial charge in [0, 0.05) is 18.7 Å². The molecule has 0 spiro atoms. The molecule has 20 heavy (non-hydrogen) atoms. The Hall–Kier alpha value is -2.08. The van der Waals surface area contributed by atoms with E-state index in [1.165, 1.54) is 0 Å². The second kappa shape index (κ2) is 8.16. The van der Waals surface area contributed by atoms with Crippen molar-refractivity contribution in [3.8, 4) is 0 Å². The fourth-order valence-electron chi connectivity index (χ4n) is 1.65. The Bertz CT molecular complexity index is 443. The molecule has 0 aromatic heterocycles. The number of aliphatic hydroxyl groups is 1. The number of nitrogens with two attached hydrogens (primary N) is 1. The molecule has 1 atom stereocenters. The molecule has 0 aliphatic carbocycles. The number of carbonyl (C=O) groups excluding carboxylic acids is 2. The second-order valence-corrected chi connectivity index (χ2v) is 4.60. The van der Waals surface area contributed by atoms with Crippen LogP contribution in [0, 0.1) is 0 Å². The topological polar surface area (TPSA) is 104 Å². The van der Waals surface area contributed by atoms with Crippen LogP contribution in [0.5, 0.6) is 0 Å². The Morgan fingerprint density at radius 3 is 2.45 bits per heavy atom. The lowest BCUT2D eigenvalue weighted by atomic mass is 10.1. The number of hydrogen-bond donors (Lipinski definition) is 4. The van der Waals surface area contributed by atoms with Crippen molar-refractivity contribution in [2.45, 2.75) is 32.3 Å². The molecule has 0 saturated carbocycles. The molecule has 0 fully saturated rings. The minimum atomic E-state index is -0.525. The first kappa shape index (κ1) is 16.0. The average Bonchev–Trinajstić information content (AvgIpc) is 2.38. The van der Waals surface area contributed by atoms with E-state index in [0.29, 0.717) is 31.5 Å². The van der Waals surface area contributed by atoms with E-state index in [1.807, 2.05) is 0 Å². The summed E-state index contributed by atoms with van der Waals surface area (Å²) < 4.78 is 0. The largest absolute Gasteiger partial charge is 0.389 e. The molecular weight excluding hydrogens is 258 g/mol. The molecule has 1 rings (SSSR count). The van der Waals surface area contributed by atoms with Gasteiger partial charge in [-0.1, -0.05) is 12.1 Å². The molecule has 0 saturated heterocycles. The fourth-order valence-corrected chi connectivity index (χ4v) is 1.65. The van der Waals surface area contributed by atoms with Crippen molar-refractivity contribution < 1.29 is 14.7 Å². The predicted molar refractivity (Wildman–Crippen MR) is 77.1 cm³/mol. The Labute approximate surface area is 118 Å².